The van der Waals surface area contributed by atoms with Gasteiger partial charge < -0.3 is 15.0 Å². The van der Waals surface area contributed by atoms with Crippen molar-refractivity contribution in [2.24, 2.45) is 0 Å². The second kappa shape index (κ2) is 8.47. The molecule has 144 valence electrons. The van der Waals surface area contributed by atoms with Crippen molar-refractivity contribution in [3.8, 4) is 11.4 Å². The Labute approximate surface area is 163 Å². The van der Waals surface area contributed by atoms with Crippen molar-refractivity contribution >= 4 is 17.6 Å². The number of carbonyl (C=O) groups is 2. The summed E-state index contributed by atoms with van der Waals surface area (Å²) in [6.07, 6.45) is 2.62. The van der Waals surface area contributed by atoms with Crippen molar-refractivity contribution < 1.29 is 14.3 Å². The van der Waals surface area contributed by atoms with Crippen molar-refractivity contribution in [2.45, 2.75) is 33.3 Å². The molecule has 2 aromatic heterocycles. The number of aryl methyl sites for hydroxylation is 2. The molecule has 0 fully saturated rings. The van der Waals surface area contributed by atoms with E-state index in [2.05, 4.69) is 20.3 Å². The number of nitrogens with one attached hydrogen (secondary N) is 2. The molecule has 0 aliphatic carbocycles. The van der Waals surface area contributed by atoms with Gasteiger partial charge in [0.2, 0.25) is 0 Å². The molecule has 0 bridgehead atoms. The predicted octanol–water partition coefficient (Wildman–Crippen LogP) is 3.66. The molecule has 1 amide bonds. The Bertz CT molecular complexity index is 946. The summed E-state index contributed by atoms with van der Waals surface area (Å²) in [4.78, 5) is 36.4. The van der Waals surface area contributed by atoms with Crippen molar-refractivity contribution in [3.63, 3.8) is 0 Å². The molecule has 28 heavy (non-hydrogen) atoms. The lowest BCUT2D eigenvalue weighted by Gasteiger charge is -2.16. The van der Waals surface area contributed by atoms with Crippen molar-refractivity contribution in [2.75, 3.05) is 5.32 Å². The Hall–Kier alpha value is -3.48. The Morgan fingerprint density at radius 2 is 1.93 bits per heavy atom. The SMILES string of the molecule is CCC(OC(=O)c1ccc(-c2nc(C)c(C)[nH]2)cc1)C(=O)Nc1cccnc1. The third-order valence-corrected chi connectivity index (χ3v) is 4.36. The van der Waals surface area contributed by atoms with Crippen molar-refractivity contribution in [1.82, 2.24) is 15.0 Å². The van der Waals surface area contributed by atoms with E-state index >= 15 is 0 Å². The Kier molecular flexibility index (Phi) is 5.84. The number of hydrogen-bond donors (Lipinski definition) is 2. The monoisotopic (exact) mass is 378 g/mol. The van der Waals surface area contributed by atoms with E-state index in [0.717, 1.165) is 22.8 Å². The molecule has 1 atom stereocenters. The Balaban J connectivity index is 1.66. The largest absolute Gasteiger partial charge is 0.449 e. The van der Waals surface area contributed by atoms with Crippen LogP contribution in [0.2, 0.25) is 0 Å². The first kappa shape index (κ1) is 19.3. The lowest BCUT2D eigenvalue weighted by atomic mass is 10.1. The van der Waals surface area contributed by atoms with Crippen LogP contribution in [0.25, 0.3) is 11.4 Å². The van der Waals surface area contributed by atoms with Crippen LogP contribution in [0.1, 0.15) is 35.1 Å². The summed E-state index contributed by atoms with van der Waals surface area (Å²) in [6.45, 7) is 5.67. The number of imidazole rings is 1. The molecule has 0 saturated heterocycles. The van der Waals surface area contributed by atoms with E-state index < -0.39 is 12.1 Å². The highest BCUT2D eigenvalue weighted by atomic mass is 16.5. The first-order chi connectivity index (χ1) is 13.5. The third kappa shape index (κ3) is 4.43. The van der Waals surface area contributed by atoms with Gasteiger partial charge in [-0.1, -0.05) is 19.1 Å². The second-order valence-corrected chi connectivity index (χ2v) is 6.41. The molecular weight excluding hydrogens is 356 g/mol. The third-order valence-electron chi connectivity index (χ3n) is 4.36. The topological polar surface area (TPSA) is 97.0 Å². The molecule has 0 aliphatic heterocycles. The van der Waals surface area contributed by atoms with Gasteiger partial charge in [-0.25, -0.2) is 9.78 Å². The number of nitrogens with zero attached hydrogens (tertiary/aromatic N) is 2. The second-order valence-electron chi connectivity index (χ2n) is 6.41. The lowest BCUT2D eigenvalue weighted by molar-refractivity contribution is -0.124. The van der Waals surface area contributed by atoms with E-state index in [1.54, 1.807) is 49.5 Å². The summed E-state index contributed by atoms with van der Waals surface area (Å²) in [6, 6.07) is 10.4. The zero-order valence-corrected chi connectivity index (χ0v) is 16.0. The lowest BCUT2D eigenvalue weighted by Crippen LogP contribution is -2.32. The van der Waals surface area contributed by atoms with Gasteiger partial charge >= 0.3 is 5.97 Å². The Morgan fingerprint density at radius 3 is 2.50 bits per heavy atom. The maximum Gasteiger partial charge on any atom is 0.338 e. The van der Waals surface area contributed by atoms with Gasteiger partial charge in [-0.15, -0.1) is 0 Å². The highest BCUT2D eigenvalue weighted by molar-refractivity contribution is 5.97. The van der Waals surface area contributed by atoms with Gasteiger partial charge in [0.25, 0.3) is 5.91 Å². The zero-order valence-electron chi connectivity index (χ0n) is 16.0. The van der Waals surface area contributed by atoms with Crippen LogP contribution in [-0.2, 0) is 9.53 Å². The number of amides is 1. The molecule has 3 rings (SSSR count). The summed E-state index contributed by atoms with van der Waals surface area (Å²) in [5, 5.41) is 2.70. The average molecular weight is 378 g/mol. The summed E-state index contributed by atoms with van der Waals surface area (Å²) in [5.74, 6) is -0.189. The van der Waals surface area contributed by atoms with Crippen LogP contribution in [0.4, 0.5) is 5.69 Å². The van der Waals surface area contributed by atoms with E-state index in [1.807, 2.05) is 13.8 Å². The first-order valence-corrected chi connectivity index (χ1v) is 9.03. The molecule has 0 aliphatic rings. The summed E-state index contributed by atoms with van der Waals surface area (Å²) >= 11 is 0. The predicted molar refractivity (Wildman–Crippen MR) is 106 cm³/mol. The van der Waals surface area contributed by atoms with Crippen LogP contribution >= 0.6 is 0 Å². The number of hydrogen-bond acceptors (Lipinski definition) is 5. The number of rotatable bonds is 6. The minimum absolute atomic E-state index is 0.362. The van der Waals surface area contributed by atoms with Crippen LogP contribution < -0.4 is 5.32 Å². The van der Waals surface area contributed by atoms with E-state index in [-0.39, 0.29) is 5.91 Å². The normalized spacial score (nSPS) is 11.7. The quantitative estimate of drug-likeness (QED) is 0.638. The summed E-state index contributed by atoms with van der Waals surface area (Å²) in [7, 11) is 0. The highest BCUT2D eigenvalue weighted by Gasteiger charge is 2.22. The minimum Gasteiger partial charge on any atom is -0.449 e. The molecule has 0 spiro atoms. The number of esters is 1. The number of ether oxygens (including phenoxy) is 1. The zero-order chi connectivity index (χ0) is 20.1. The molecule has 2 heterocycles. The molecule has 3 aromatic rings. The number of carbonyl (C=O) groups excluding carboxylic acids is 2. The first-order valence-electron chi connectivity index (χ1n) is 9.03. The standard InChI is InChI=1S/C21H22N4O3/c1-4-18(20(26)25-17-6-5-11-22-12-17)28-21(27)16-9-7-15(8-10-16)19-23-13(2)14(3)24-19/h5-12,18H,4H2,1-3H3,(H,23,24)(H,25,26). The van der Waals surface area contributed by atoms with Gasteiger partial charge in [-0.05, 0) is 44.5 Å². The minimum atomic E-state index is -0.886. The molecule has 2 N–H and O–H groups in total. The van der Waals surface area contributed by atoms with E-state index in [0.29, 0.717) is 17.7 Å². The van der Waals surface area contributed by atoms with Gasteiger partial charge in [0, 0.05) is 17.5 Å². The van der Waals surface area contributed by atoms with Gasteiger partial charge in [0.1, 0.15) is 5.82 Å². The fourth-order valence-corrected chi connectivity index (χ4v) is 2.63. The van der Waals surface area contributed by atoms with Crippen LogP contribution in [0.15, 0.2) is 48.8 Å². The van der Waals surface area contributed by atoms with E-state index in [1.165, 1.54) is 6.20 Å². The van der Waals surface area contributed by atoms with Crippen LogP contribution in [0, 0.1) is 13.8 Å². The van der Waals surface area contributed by atoms with E-state index in [9.17, 15) is 9.59 Å². The molecular formula is C21H22N4O3. The van der Waals surface area contributed by atoms with Crippen molar-refractivity contribution in [1.29, 1.82) is 0 Å². The van der Waals surface area contributed by atoms with Crippen LogP contribution in [0.5, 0.6) is 0 Å². The fourth-order valence-electron chi connectivity index (χ4n) is 2.63. The number of anilines is 1. The maximum absolute atomic E-state index is 12.4. The van der Waals surface area contributed by atoms with Gasteiger partial charge in [-0.2, -0.15) is 0 Å². The molecule has 0 saturated carbocycles. The number of aromatic nitrogens is 3. The van der Waals surface area contributed by atoms with Crippen molar-refractivity contribution in [3.05, 3.63) is 65.7 Å². The molecule has 1 unspecified atom stereocenters. The van der Waals surface area contributed by atoms with Gasteiger partial charge in [0.05, 0.1) is 23.1 Å². The molecule has 7 heteroatoms. The number of aromatic amines is 1. The van der Waals surface area contributed by atoms with Crippen LogP contribution in [-0.4, -0.2) is 32.9 Å². The summed E-state index contributed by atoms with van der Waals surface area (Å²) < 4.78 is 5.39. The smallest absolute Gasteiger partial charge is 0.338 e. The molecule has 0 radical (unpaired) electrons. The number of H-pyrrole nitrogens is 1. The van der Waals surface area contributed by atoms with Gasteiger partial charge in [-0.3, -0.25) is 9.78 Å². The number of benzene rings is 1. The highest BCUT2D eigenvalue weighted by Crippen LogP contribution is 2.19. The number of pyridine rings is 1. The maximum atomic E-state index is 12.4. The summed E-state index contributed by atoms with van der Waals surface area (Å²) in [5.41, 5.74) is 3.73. The fraction of sp³-hybridized carbons (Fsp3) is 0.238. The average Bonchev–Trinajstić information content (AvgIpc) is 3.05. The molecule has 7 nitrogen and oxygen atoms in total. The Morgan fingerprint density at radius 1 is 1.18 bits per heavy atom. The van der Waals surface area contributed by atoms with Gasteiger partial charge in [0.15, 0.2) is 6.10 Å². The van der Waals surface area contributed by atoms with Crippen LogP contribution in [0.3, 0.4) is 0 Å². The molecule has 1 aromatic carbocycles. The van der Waals surface area contributed by atoms with E-state index in [4.69, 9.17) is 4.74 Å².